The molecule has 3 aromatic heterocycles. The number of fused-ring (bicyclic) bond motifs is 2. The highest BCUT2D eigenvalue weighted by atomic mass is 35.5. The molecule has 1 unspecified atom stereocenters. The number of anilines is 1. The molecule has 1 aromatic carbocycles. The number of hydrogen-bond acceptors (Lipinski definition) is 7. The topological polar surface area (TPSA) is 95.9 Å². The van der Waals surface area contributed by atoms with Gasteiger partial charge in [-0.3, -0.25) is 18.9 Å². The Morgan fingerprint density at radius 3 is 2.85 bits per heavy atom. The van der Waals surface area contributed by atoms with Gasteiger partial charge in [-0.15, -0.1) is 11.3 Å². The number of aryl methyl sites for hydroxylation is 1. The minimum Gasteiger partial charge on any atom is -0.366 e. The molecule has 10 heteroatoms. The lowest BCUT2D eigenvalue weighted by molar-refractivity contribution is 0.484. The van der Waals surface area contributed by atoms with Gasteiger partial charge in [0.25, 0.3) is 5.56 Å². The molecular formula is C30H29ClN6O2S. The van der Waals surface area contributed by atoms with E-state index in [9.17, 15) is 14.9 Å². The molecule has 1 aliphatic carbocycles. The van der Waals surface area contributed by atoms with E-state index in [0.29, 0.717) is 12.6 Å². The molecule has 0 spiro atoms. The number of halogens is 1. The lowest BCUT2D eigenvalue weighted by Crippen LogP contribution is -2.40. The van der Waals surface area contributed by atoms with Crippen LogP contribution in [0.1, 0.15) is 36.1 Å². The molecule has 0 radical (unpaired) electrons. The predicted octanol–water partition coefficient (Wildman–Crippen LogP) is 4.41. The van der Waals surface area contributed by atoms with Crippen molar-refractivity contribution in [3.8, 4) is 17.2 Å². The van der Waals surface area contributed by atoms with E-state index in [1.807, 2.05) is 18.3 Å². The summed E-state index contributed by atoms with van der Waals surface area (Å²) in [7, 11) is 0. The van der Waals surface area contributed by atoms with Gasteiger partial charge in [0.2, 0.25) is 0 Å². The Morgan fingerprint density at radius 1 is 1.20 bits per heavy atom. The zero-order valence-corrected chi connectivity index (χ0v) is 23.6. The monoisotopic (exact) mass is 572 g/mol. The fraction of sp³-hybridized carbons (Fsp3) is 0.400. The fourth-order valence-corrected chi connectivity index (χ4v) is 7.62. The summed E-state index contributed by atoms with van der Waals surface area (Å²) in [5.74, 6) is 0. The van der Waals surface area contributed by atoms with E-state index in [1.165, 1.54) is 32.6 Å². The Morgan fingerprint density at radius 2 is 2.08 bits per heavy atom. The first-order chi connectivity index (χ1) is 19.4. The van der Waals surface area contributed by atoms with Crippen molar-refractivity contribution in [1.29, 1.82) is 5.26 Å². The predicted molar refractivity (Wildman–Crippen MR) is 158 cm³/mol. The molecule has 0 amide bonds. The van der Waals surface area contributed by atoms with Crippen molar-refractivity contribution in [3.05, 3.63) is 79.0 Å². The SMILES string of the molecule is N#CC1(Cn2ccc(=O)n(Cc3cc4nccc(-c5cc(Cl)cc6c5N(C5CCNC5)CCC6)c4s3)c2=O)CC1. The zero-order chi connectivity index (χ0) is 27.4. The minimum absolute atomic E-state index is 0.159. The first-order valence-electron chi connectivity index (χ1n) is 13.8. The molecule has 1 saturated carbocycles. The van der Waals surface area contributed by atoms with Crippen LogP contribution in [0.3, 0.4) is 0 Å². The lowest BCUT2D eigenvalue weighted by Gasteiger charge is -2.38. The van der Waals surface area contributed by atoms with Crippen LogP contribution in [-0.4, -0.2) is 39.8 Å². The largest absolute Gasteiger partial charge is 0.366 e. The summed E-state index contributed by atoms with van der Waals surface area (Å²) < 4.78 is 3.77. The third kappa shape index (κ3) is 4.44. The number of nitrogens with one attached hydrogen (secondary N) is 1. The second kappa shape index (κ2) is 9.88. The minimum atomic E-state index is -0.485. The maximum Gasteiger partial charge on any atom is 0.331 e. The normalized spacial score (nSPS) is 19.5. The first-order valence-corrected chi connectivity index (χ1v) is 15.0. The Bertz CT molecular complexity index is 1790. The summed E-state index contributed by atoms with van der Waals surface area (Å²) in [5, 5.41) is 13.7. The highest BCUT2D eigenvalue weighted by molar-refractivity contribution is 7.19. The van der Waals surface area contributed by atoms with E-state index in [1.54, 1.807) is 11.3 Å². The van der Waals surface area contributed by atoms with Gasteiger partial charge in [-0.25, -0.2) is 4.79 Å². The number of nitrogens with zero attached hydrogens (tertiary/aromatic N) is 5. The molecule has 4 aromatic rings. The molecule has 204 valence electrons. The van der Waals surface area contributed by atoms with Gasteiger partial charge in [-0.1, -0.05) is 11.6 Å². The van der Waals surface area contributed by atoms with Gasteiger partial charge in [0, 0.05) is 70.9 Å². The van der Waals surface area contributed by atoms with Crippen LogP contribution >= 0.6 is 22.9 Å². The van der Waals surface area contributed by atoms with Crippen LogP contribution in [0.5, 0.6) is 0 Å². The van der Waals surface area contributed by atoms with Crippen LogP contribution in [0.4, 0.5) is 5.69 Å². The molecule has 3 aliphatic rings. The summed E-state index contributed by atoms with van der Waals surface area (Å²) in [5.41, 5.74) is 4.34. The van der Waals surface area contributed by atoms with Crippen molar-refractivity contribution >= 4 is 38.8 Å². The molecule has 7 rings (SSSR count). The Balaban J connectivity index is 1.29. The van der Waals surface area contributed by atoms with Gasteiger partial charge in [0.15, 0.2) is 0 Å². The number of nitriles is 1. The molecule has 2 fully saturated rings. The molecule has 1 atom stereocenters. The van der Waals surface area contributed by atoms with Crippen molar-refractivity contribution in [2.75, 3.05) is 24.5 Å². The van der Waals surface area contributed by atoms with Crippen molar-refractivity contribution < 1.29 is 0 Å². The maximum atomic E-state index is 13.3. The van der Waals surface area contributed by atoms with E-state index < -0.39 is 5.41 Å². The van der Waals surface area contributed by atoms with Gasteiger partial charge in [-0.2, -0.15) is 5.26 Å². The first kappa shape index (κ1) is 25.5. The number of rotatable bonds is 6. The number of hydrogen-bond donors (Lipinski definition) is 1. The van der Waals surface area contributed by atoms with Crippen LogP contribution < -0.4 is 21.5 Å². The Hall–Kier alpha value is -3.45. The average molecular weight is 573 g/mol. The fourth-order valence-electron chi connectivity index (χ4n) is 6.25. The van der Waals surface area contributed by atoms with Gasteiger partial charge < -0.3 is 10.2 Å². The van der Waals surface area contributed by atoms with E-state index >= 15 is 0 Å². The quantitative estimate of drug-likeness (QED) is 0.368. The van der Waals surface area contributed by atoms with Crippen molar-refractivity contribution in [1.82, 2.24) is 19.4 Å². The summed E-state index contributed by atoms with van der Waals surface area (Å²) >= 11 is 8.23. The van der Waals surface area contributed by atoms with Gasteiger partial charge in [0.1, 0.15) is 0 Å². The third-order valence-corrected chi connectivity index (χ3v) is 9.89. The van der Waals surface area contributed by atoms with Crippen molar-refractivity contribution in [2.24, 2.45) is 5.41 Å². The molecule has 5 heterocycles. The van der Waals surface area contributed by atoms with Gasteiger partial charge in [0.05, 0.1) is 28.2 Å². The summed E-state index contributed by atoms with van der Waals surface area (Å²) in [6.07, 6.45) is 8.12. The Labute approximate surface area is 240 Å². The lowest BCUT2D eigenvalue weighted by atomic mass is 9.92. The van der Waals surface area contributed by atoms with Crippen molar-refractivity contribution in [3.63, 3.8) is 0 Å². The van der Waals surface area contributed by atoms with E-state index in [2.05, 4.69) is 33.4 Å². The molecule has 8 nitrogen and oxygen atoms in total. The number of pyridine rings is 1. The highest BCUT2D eigenvalue weighted by Crippen LogP contribution is 2.46. The van der Waals surface area contributed by atoms with Crippen LogP contribution in [0.2, 0.25) is 5.02 Å². The molecule has 0 bridgehead atoms. The van der Waals surface area contributed by atoms with Crippen molar-refractivity contribution in [2.45, 2.75) is 51.2 Å². The molecule has 1 N–H and O–H groups in total. The average Bonchev–Trinajstić information content (AvgIpc) is 3.32. The van der Waals surface area contributed by atoms with Crippen LogP contribution in [0.15, 0.2) is 52.3 Å². The maximum absolute atomic E-state index is 13.3. The number of aromatic nitrogens is 3. The molecule has 40 heavy (non-hydrogen) atoms. The second-order valence-electron chi connectivity index (χ2n) is 11.2. The molecule has 1 saturated heterocycles. The van der Waals surface area contributed by atoms with E-state index in [0.717, 1.165) is 83.0 Å². The molecular weight excluding hydrogens is 544 g/mol. The third-order valence-electron chi connectivity index (χ3n) is 8.53. The summed E-state index contributed by atoms with van der Waals surface area (Å²) in [6.45, 7) is 3.51. The van der Waals surface area contributed by atoms with Gasteiger partial charge >= 0.3 is 5.69 Å². The summed E-state index contributed by atoms with van der Waals surface area (Å²) in [6, 6.07) is 12.4. The molecule has 2 aliphatic heterocycles. The summed E-state index contributed by atoms with van der Waals surface area (Å²) in [4.78, 5) is 34.1. The number of benzene rings is 1. The number of thiophene rings is 1. The smallest absolute Gasteiger partial charge is 0.331 e. The van der Waals surface area contributed by atoms with E-state index in [4.69, 9.17) is 11.6 Å². The van der Waals surface area contributed by atoms with Crippen LogP contribution in [-0.2, 0) is 19.5 Å². The standard InChI is InChI=1S/C30H29ClN6O2S/c31-20-12-19-2-1-10-36(21-3-8-33-15-21)27(19)24(13-20)23-4-9-34-25-14-22(40-28(23)25)16-37-26(38)5-11-35(29(37)39)18-30(17-32)6-7-30/h4-5,9,11-14,21,33H,1-3,6-8,10,15-16,18H2. The second-order valence-corrected chi connectivity index (χ2v) is 12.8. The van der Waals surface area contributed by atoms with Crippen LogP contribution in [0.25, 0.3) is 21.3 Å². The van der Waals surface area contributed by atoms with Gasteiger partial charge in [-0.05, 0) is 68.5 Å². The van der Waals surface area contributed by atoms with Crippen LogP contribution in [0, 0.1) is 16.7 Å². The zero-order valence-electron chi connectivity index (χ0n) is 22.0. The highest BCUT2D eigenvalue weighted by Gasteiger charge is 2.43. The van der Waals surface area contributed by atoms with E-state index in [-0.39, 0.29) is 17.8 Å². The Kier molecular flexibility index (Phi) is 6.30.